The van der Waals surface area contributed by atoms with Crippen molar-refractivity contribution < 1.29 is 4.79 Å². The van der Waals surface area contributed by atoms with Gasteiger partial charge in [-0.05, 0) is 12.1 Å². The number of pyridine rings is 1. The van der Waals surface area contributed by atoms with Gasteiger partial charge in [0.1, 0.15) is 10.7 Å². The van der Waals surface area contributed by atoms with Gasteiger partial charge in [-0.15, -0.1) is 11.3 Å². The molecule has 0 aliphatic rings. The summed E-state index contributed by atoms with van der Waals surface area (Å²) < 4.78 is 0. The van der Waals surface area contributed by atoms with Crippen molar-refractivity contribution in [1.29, 1.82) is 0 Å². The molecule has 84 valence electrons. The standard InChI is InChI=1S/C10H8N2OS.C2H6/c1-7(13)9-6-14-10(12-9)8-3-2-4-11-5-8;1-2/h2-6H,1H3;1-2H3. The van der Waals surface area contributed by atoms with E-state index in [0.29, 0.717) is 5.69 Å². The van der Waals surface area contributed by atoms with E-state index in [-0.39, 0.29) is 5.78 Å². The maximum absolute atomic E-state index is 11.0. The van der Waals surface area contributed by atoms with Crippen LogP contribution in [-0.2, 0) is 0 Å². The summed E-state index contributed by atoms with van der Waals surface area (Å²) in [6.07, 6.45) is 3.45. The number of ketones is 1. The summed E-state index contributed by atoms with van der Waals surface area (Å²) in [6.45, 7) is 5.52. The quantitative estimate of drug-likeness (QED) is 0.748. The molecule has 0 saturated heterocycles. The third-order valence-corrected chi connectivity index (χ3v) is 2.66. The van der Waals surface area contributed by atoms with Crippen molar-refractivity contribution in [2.45, 2.75) is 20.8 Å². The molecule has 0 atom stereocenters. The highest BCUT2D eigenvalue weighted by Crippen LogP contribution is 2.22. The SMILES string of the molecule is CC.CC(=O)c1csc(-c2cccnc2)n1. The van der Waals surface area contributed by atoms with E-state index >= 15 is 0 Å². The first kappa shape index (κ1) is 12.5. The fourth-order valence-electron chi connectivity index (χ4n) is 1.06. The Labute approximate surface area is 99.2 Å². The minimum absolute atomic E-state index is 0.00334. The Bertz CT molecular complexity index is 451. The molecule has 0 spiro atoms. The second-order valence-electron chi connectivity index (χ2n) is 2.84. The Morgan fingerprint density at radius 3 is 2.62 bits per heavy atom. The predicted octanol–water partition coefficient (Wildman–Crippen LogP) is 3.43. The summed E-state index contributed by atoms with van der Waals surface area (Å²) in [6, 6.07) is 3.78. The fraction of sp³-hybridized carbons (Fsp3) is 0.250. The van der Waals surface area contributed by atoms with Gasteiger partial charge in [0.05, 0.1) is 0 Å². The Hall–Kier alpha value is -1.55. The van der Waals surface area contributed by atoms with Crippen molar-refractivity contribution >= 4 is 17.1 Å². The number of carbonyl (C=O) groups excluding carboxylic acids is 1. The van der Waals surface area contributed by atoms with E-state index in [1.165, 1.54) is 18.3 Å². The molecule has 3 nitrogen and oxygen atoms in total. The van der Waals surface area contributed by atoms with E-state index in [1.54, 1.807) is 17.8 Å². The maximum atomic E-state index is 11.0. The number of Topliss-reactive ketones (excluding diaryl/α,β-unsaturated/α-hetero) is 1. The lowest BCUT2D eigenvalue weighted by Crippen LogP contribution is -1.91. The second-order valence-corrected chi connectivity index (χ2v) is 3.69. The summed E-state index contributed by atoms with van der Waals surface area (Å²) in [5.74, 6) is -0.00334. The van der Waals surface area contributed by atoms with E-state index in [4.69, 9.17) is 0 Å². The average molecular weight is 234 g/mol. The minimum atomic E-state index is -0.00334. The summed E-state index contributed by atoms with van der Waals surface area (Å²) >= 11 is 1.46. The van der Waals surface area contributed by atoms with Gasteiger partial charge in [-0.3, -0.25) is 9.78 Å². The molecule has 0 aromatic carbocycles. The number of hydrogen-bond donors (Lipinski definition) is 0. The molecule has 0 N–H and O–H groups in total. The fourth-order valence-corrected chi connectivity index (χ4v) is 1.91. The molecule has 0 aliphatic carbocycles. The molecule has 4 heteroatoms. The second kappa shape index (κ2) is 6.12. The van der Waals surface area contributed by atoms with Crippen LogP contribution in [0.15, 0.2) is 29.9 Å². The molecule has 2 aromatic heterocycles. The topological polar surface area (TPSA) is 42.9 Å². The van der Waals surface area contributed by atoms with Crippen molar-refractivity contribution in [2.75, 3.05) is 0 Å². The van der Waals surface area contributed by atoms with E-state index < -0.39 is 0 Å². The van der Waals surface area contributed by atoms with Gasteiger partial charge in [0.2, 0.25) is 0 Å². The van der Waals surface area contributed by atoms with Gasteiger partial charge in [-0.1, -0.05) is 13.8 Å². The lowest BCUT2D eigenvalue weighted by molar-refractivity contribution is 0.101. The van der Waals surface area contributed by atoms with Crippen LogP contribution >= 0.6 is 11.3 Å². The lowest BCUT2D eigenvalue weighted by Gasteiger charge is -1.92. The smallest absolute Gasteiger partial charge is 0.178 e. The van der Waals surface area contributed by atoms with Gasteiger partial charge >= 0.3 is 0 Å². The zero-order valence-corrected chi connectivity index (χ0v) is 10.4. The highest BCUT2D eigenvalue weighted by Gasteiger charge is 2.07. The molecule has 2 rings (SSSR count). The molecule has 0 bridgehead atoms. The van der Waals surface area contributed by atoms with Gasteiger partial charge in [0, 0.05) is 30.3 Å². The van der Waals surface area contributed by atoms with Crippen LogP contribution in [0.3, 0.4) is 0 Å². The van der Waals surface area contributed by atoms with Crippen molar-refractivity contribution in [3.05, 3.63) is 35.6 Å². The first-order valence-corrected chi connectivity index (χ1v) is 6.02. The minimum Gasteiger partial charge on any atom is -0.293 e. The molecule has 2 aromatic rings. The van der Waals surface area contributed by atoms with Gasteiger partial charge in [0.25, 0.3) is 0 Å². The van der Waals surface area contributed by atoms with Gasteiger partial charge in [0.15, 0.2) is 5.78 Å². The van der Waals surface area contributed by atoms with Crippen molar-refractivity contribution in [3.63, 3.8) is 0 Å². The maximum Gasteiger partial charge on any atom is 0.178 e. The number of nitrogens with zero attached hydrogens (tertiary/aromatic N) is 2. The number of carbonyl (C=O) groups is 1. The van der Waals surface area contributed by atoms with Crippen LogP contribution in [0.1, 0.15) is 31.3 Å². The monoisotopic (exact) mass is 234 g/mol. The van der Waals surface area contributed by atoms with Crippen LogP contribution in [0.2, 0.25) is 0 Å². The van der Waals surface area contributed by atoms with Crippen molar-refractivity contribution in [1.82, 2.24) is 9.97 Å². The summed E-state index contributed by atoms with van der Waals surface area (Å²) in [5.41, 5.74) is 1.47. The van der Waals surface area contributed by atoms with Gasteiger partial charge < -0.3 is 0 Å². The molecule has 16 heavy (non-hydrogen) atoms. The third kappa shape index (κ3) is 2.97. The zero-order valence-electron chi connectivity index (χ0n) is 9.60. The molecule has 2 heterocycles. The first-order chi connectivity index (χ1) is 7.77. The molecule has 0 radical (unpaired) electrons. The van der Waals surface area contributed by atoms with E-state index in [9.17, 15) is 4.79 Å². The summed E-state index contributed by atoms with van der Waals surface area (Å²) in [5, 5.41) is 2.60. The number of rotatable bonds is 2. The Kier molecular flexibility index (Phi) is 4.79. The van der Waals surface area contributed by atoms with Crippen molar-refractivity contribution in [3.8, 4) is 10.6 Å². The van der Waals surface area contributed by atoms with Gasteiger partial charge in [-0.25, -0.2) is 4.98 Å². The molecule has 0 fully saturated rings. The summed E-state index contributed by atoms with van der Waals surface area (Å²) in [7, 11) is 0. The molecular weight excluding hydrogens is 220 g/mol. The Balaban J connectivity index is 0.000000606. The van der Waals surface area contributed by atoms with Crippen LogP contribution in [-0.4, -0.2) is 15.8 Å². The van der Waals surface area contributed by atoms with Crippen LogP contribution in [0.5, 0.6) is 0 Å². The molecular formula is C12H14N2OS. The van der Waals surface area contributed by atoms with E-state index in [2.05, 4.69) is 9.97 Å². The molecule has 0 amide bonds. The number of hydrogen-bond acceptors (Lipinski definition) is 4. The van der Waals surface area contributed by atoms with E-state index in [0.717, 1.165) is 10.6 Å². The van der Waals surface area contributed by atoms with E-state index in [1.807, 2.05) is 26.0 Å². The summed E-state index contributed by atoms with van der Waals surface area (Å²) in [4.78, 5) is 19.2. The zero-order chi connectivity index (χ0) is 12.0. The van der Waals surface area contributed by atoms with Crippen molar-refractivity contribution in [2.24, 2.45) is 0 Å². The van der Waals surface area contributed by atoms with Crippen LogP contribution < -0.4 is 0 Å². The largest absolute Gasteiger partial charge is 0.293 e. The lowest BCUT2D eigenvalue weighted by atomic mass is 10.3. The molecule has 0 aliphatic heterocycles. The first-order valence-electron chi connectivity index (χ1n) is 5.14. The Morgan fingerprint density at radius 2 is 2.12 bits per heavy atom. The number of aromatic nitrogens is 2. The van der Waals surface area contributed by atoms with Crippen LogP contribution in [0, 0.1) is 0 Å². The van der Waals surface area contributed by atoms with Crippen LogP contribution in [0.4, 0.5) is 0 Å². The highest BCUT2D eigenvalue weighted by molar-refractivity contribution is 7.13. The average Bonchev–Trinajstić information content (AvgIpc) is 2.82. The highest BCUT2D eigenvalue weighted by atomic mass is 32.1. The van der Waals surface area contributed by atoms with Crippen LogP contribution in [0.25, 0.3) is 10.6 Å². The van der Waals surface area contributed by atoms with Gasteiger partial charge in [-0.2, -0.15) is 0 Å². The molecule has 0 unspecified atom stereocenters. The number of thiazole rings is 1. The third-order valence-electron chi connectivity index (χ3n) is 1.77. The predicted molar refractivity (Wildman–Crippen MR) is 66.7 cm³/mol. The Morgan fingerprint density at radius 1 is 1.38 bits per heavy atom. The molecule has 0 saturated carbocycles. The normalized spacial score (nSPS) is 9.19.